The van der Waals surface area contributed by atoms with Gasteiger partial charge in [0.1, 0.15) is 0 Å². The Balaban J connectivity index is 0.936. The van der Waals surface area contributed by atoms with Crippen LogP contribution < -0.4 is 0 Å². The van der Waals surface area contributed by atoms with Crippen molar-refractivity contribution in [3.63, 3.8) is 0 Å². The fourth-order valence-electron chi connectivity index (χ4n) is 9.23. The molecular weight excluding hydrogens is 649 g/mol. The summed E-state index contributed by atoms with van der Waals surface area (Å²) in [6, 6.07) is 72.5. The molecule has 0 unspecified atom stereocenters. The Morgan fingerprint density at radius 1 is 0.148 bits per heavy atom. The maximum Gasteiger partial charge on any atom is -0.00987 e. The average molecular weight is 681 g/mol. The molecule has 0 saturated carbocycles. The van der Waals surface area contributed by atoms with Gasteiger partial charge in [0.25, 0.3) is 0 Å². The topological polar surface area (TPSA) is 0 Å². The predicted molar refractivity (Wildman–Crippen MR) is 235 cm³/mol. The lowest BCUT2D eigenvalue weighted by atomic mass is 9.91. The molecule has 0 saturated heterocycles. The van der Waals surface area contributed by atoms with Crippen LogP contribution in [0.15, 0.2) is 194 Å². The van der Waals surface area contributed by atoms with Crippen molar-refractivity contribution >= 4 is 97.0 Å². The number of hydrogen-bond acceptors (Lipinski definition) is 0. The SMILES string of the molecule is c1ccc2c(c1)ccc1c2ccc2c3cc(-c4ccc5cc(-c6ccc7ccc8c(ccc9c%10ccccc%10ccc98)c7c6)ccc5c4)ccc3ccc21. The fraction of sp³-hybridized carbons (Fsp3) is 0. The van der Waals surface area contributed by atoms with E-state index in [4.69, 9.17) is 0 Å². The minimum atomic E-state index is 1.23. The summed E-state index contributed by atoms with van der Waals surface area (Å²) in [6.07, 6.45) is 0. The molecule has 12 aromatic carbocycles. The molecule has 12 aromatic rings. The van der Waals surface area contributed by atoms with E-state index in [1.165, 1.54) is 119 Å². The van der Waals surface area contributed by atoms with E-state index in [1.54, 1.807) is 0 Å². The largest absolute Gasteiger partial charge is 0.0616 e. The maximum atomic E-state index is 2.38. The van der Waals surface area contributed by atoms with Crippen LogP contribution in [0.1, 0.15) is 0 Å². The summed E-state index contributed by atoms with van der Waals surface area (Å²) in [7, 11) is 0. The Kier molecular flexibility index (Phi) is 6.15. The van der Waals surface area contributed by atoms with Crippen LogP contribution in [0.25, 0.3) is 119 Å². The molecule has 54 heavy (non-hydrogen) atoms. The molecule has 0 nitrogen and oxygen atoms in total. The highest BCUT2D eigenvalue weighted by molar-refractivity contribution is 6.24. The third kappa shape index (κ3) is 4.38. The first kappa shape index (κ1) is 29.5. The highest BCUT2D eigenvalue weighted by Crippen LogP contribution is 2.39. The van der Waals surface area contributed by atoms with Gasteiger partial charge in [-0.15, -0.1) is 0 Å². The summed E-state index contributed by atoms with van der Waals surface area (Å²) in [4.78, 5) is 0. The van der Waals surface area contributed by atoms with Crippen LogP contribution in [-0.2, 0) is 0 Å². The van der Waals surface area contributed by atoms with Crippen molar-refractivity contribution in [2.75, 3.05) is 0 Å². The number of rotatable bonds is 2. The van der Waals surface area contributed by atoms with Gasteiger partial charge in [0.05, 0.1) is 0 Å². The fourth-order valence-corrected chi connectivity index (χ4v) is 9.23. The second kappa shape index (κ2) is 11.2. The van der Waals surface area contributed by atoms with Gasteiger partial charge in [0.2, 0.25) is 0 Å². The highest BCUT2D eigenvalue weighted by Gasteiger charge is 2.12. The van der Waals surface area contributed by atoms with Gasteiger partial charge >= 0.3 is 0 Å². The van der Waals surface area contributed by atoms with Gasteiger partial charge in [-0.2, -0.15) is 0 Å². The lowest BCUT2D eigenvalue weighted by molar-refractivity contribution is 1.66. The second-order valence-corrected chi connectivity index (χ2v) is 14.9. The Morgan fingerprint density at radius 2 is 0.407 bits per heavy atom. The van der Waals surface area contributed by atoms with Crippen molar-refractivity contribution in [1.29, 1.82) is 0 Å². The van der Waals surface area contributed by atoms with Crippen LogP contribution in [0.5, 0.6) is 0 Å². The van der Waals surface area contributed by atoms with Crippen molar-refractivity contribution in [2.45, 2.75) is 0 Å². The van der Waals surface area contributed by atoms with E-state index in [0.717, 1.165) is 0 Å². The zero-order valence-electron chi connectivity index (χ0n) is 29.5. The third-order valence-corrected chi connectivity index (χ3v) is 12.0. The molecule has 0 aliphatic heterocycles. The minimum Gasteiger partial charge on any atom is -0.0616 e. The van der Waals surface area contributed by atoms with Crippen molar-refractivity contribution in [1.82, 2.24) is 0 Å². The molecule has 0 bridgehead atoms. The summed E-state index contributed by atoms with van der Waals surface area (Å²) in [5.74, 6) is 0. The van der Waals surface area contributed by atoms with Crippen LogP contribution in [-0.4, -0.2) is 0 Å². The Hall–Kier alpha value is -7.02. The van der Waals surface area contributed by atoms with E-state index in [1.807, 2.05) is 0 Å². The van der Waals surface area contributed by atoms with Crippen molar-refractivity contribution in [3.05, 3.63) is 194 Å². The first-order valence-corrected chi connectivity index (χ1v) is 18.8. The molecular formula is C54H32. The summed E-state index contributed by atoms with van der Waals surface area (Å²) >= 11 is 0. The highest BCUT2D eigenvalue weighted by atomic mass is 14.2. The van der Waals surface area contributed by atoms with Gasteiger partial charge in [-0.25, -0.2) is 0 Å². The van der Waals surface area contributed by atoms with E-state index >= 15 is 0 Å². The van der Waals surface area contributed by atoms with Crippen molar-refractivity contribution < 1.29 is 0 Å². The molecule has 0 heteroatoms. The number of hydrogen-bond donors (Lipinski definition) is 0. The first-order chi connectivity index (χ1) is 26.7. The predicted octanol–water partition coefficient (Wildman–Crippen LogP) is 15.4. The Morgan fingerprint density at radius 3 is 0.815 bits per heavy atom. The van der Waals surface area contributed by atoms with Crippen molar-refractivity contribution in [3.8, 4) is 22.3 Å². The van der Waals surface area contributed by atoms with Gasteiger partial charge in [-0.3, -0.25) is 0 Å². The molecule has 0 atom stereocenters. The molecule has 0 radical (unpaired) electrons. The quantitative estimate of drug-likeness (QED) is 0.159. The lowest BCUT2D eigenvalue weighted by Crippen LogP contribution is -1.86. The molecule has 0 aromatic heterocycles. The van der Waals surface area contributed by atoms with Crippen LogP contribution in [0.4, 0.5) is 0 Å². The first-order valence-electron chi connectivity index (χ1n) is 18.8. The van der Waals surface area contributed by atoms with Crippen LogP contribution in [0.2, 0.25) is 0 Å². The van der Waals surface area contributed by atoms with Crippen molar-refractivity contribution in [2.24, 2.45) is 0 Å². The van der Waals surface area contributed by atoms with Crippen LogP contribution in [0.3, 0.4) is 0 Å². The molecule has 248 valence electrons. The molecule has 0 spiro atoms. The second-order valence-electron chi connectivity index (χ2n) is 14.9. The van der Waals surface area contributed by atoms with Gasteiger partial charge in [0, 0.05) is 0 Å². The molecule has 0 aliphatic carbocycles. The van der Waals surface area contributed by atoms with E-state index in [-0.39, 0.29) is 0 Å². The normalized spacial score (nSPS) is 12.1. The monoisotopic (exact) mass is 680 g/mol. The van der Waals surface area contributed by atoms with E-state index in [0.29, 0.717) is 0 Å². The smallest absolute Gasteiger partial charge is 0.00987 e. The Labute approximate surface area is 312 Å². The number of fused-ring (bicyclic) bond motifs is 15. The van der Waals surface area contributed by atoms with E-state index < -0.39 is 0 Å². The zero-order valence-corrected chi connectivity index (χ0v) is 29.5. The summed E-state index contributed by atoms with van der Waals surface area (Å²) < 4.78 is 0. The van der Waals surface area contributed by atoms with Crippen LogP contribution >= 0.6 is 0 Å². The number of benzene rings is 12. The molecule has 0 N–H and O–H groups in total. The molecule has 0 heterocycles. The lowest BCUT2D eigenvalue weighted by Gasteiger charge is -2.12. The molecule has 0 fully saturated rings. The summed E-state index contributed by atoms with van der Waals surface area (Å²) in [5.41, 5.74) is 4.94. The summed E-state index contributed by atoms with van der Waals surface area (Å²) in [6.45, 7) is 0. The van der Waals surface area contributed by atoms with E-state index in [2.05, 4.69) is 194 Å². The minimum absolute atomic E-state index is 1.23. The zero-order chi connectivity index (χ0) is 35.3. The van der Waals surface area contributed by atoms with Crippen LogP contribution in [0, 0.1) is 0 Å². The van der Waals surface area contributed by atoms with Gasteiger partial charge in [-0.05, 0) is 143 Å². The molecule has 0 aliphatic rings. The maximum absolute atomic E-state index is 2.38. The van der Waals surface area contributed by atoms with Gasteiger partial charge in [-0.1, -0.05) is 170 Å². The third-order valence-electron chi connectivity index (χ3n) is 12.0. The van der Waals surface area contributed by atoms with Gasteiger partial charge < -0.3 is 0 Å². The van der Waals surface area contributed by atoms with Gasteiger partial charge in [0.15, 0.2) is 0 Å². The summed E-state index contributed by atoms with van der Waals surface area (Å²) in [5, 5.41) is 23.2. The Bertz CT molecular complexity index is 3310. The molecule has 12 rings (SSSR count). The van der Waals surface area contributed by atoms with E-state index in [9.17, 15) is 0 Å². The molecule has 0 amide bonds. The standard InChI is InChI=1S/C54H32/c1-3-7-43-33(5-1)17-21-47-45(43)25-27-51-49(47)23-19-35-9-11-41(31-53(35)51)39-15-13-38-30-40(16-14-37(38)29-39)42-12-10-36-20-24-50-48-22-18-34-6-2-4-8-44(34)46(48)26-28-52(50)54(36)32-42/h1-32H. The average Bonchev–Trinajstić information content (AvgIpc) is 3.24.